The average Bonchev–Trinajstić information content (AvgIpc) is 2.65. The number of nitrogens with one attached hydrogen (secondary N) is 1. The zero-order chi connectivity index (χ0) is 19.2. The predicted octanol–water partition coefficient (Wildman–Crippen LogP) is 2.23. The number of hydrogen-bond donors (Lipinski definition) is 1. The smallest absolute Gasteiger partial charge is 0.242 e. The average molecular weight is 399 g/mol. The fourth-order valence-electron chi connectivity index (χ4n) is 2.83. The van der Waals surface area contributed by atoms with Gasteiger partial charge >= 0.3 is 0 Å². The molecule has 1 atom stereocenters. The zero-order valence-electron chi connectivity index (χ0n) is 16.1. The number of guanidine groups is 1. The molecule has 8 heteroatoms. The molecule has 0 aromatic heterocycles. The van der Waals surface area contributed by atoms with Gasteiger partial charge in [-0.3, -0.25) is 0 Å². The molecule has 1 heterocycles. The van der Waals surface area contributed by atoms with Gasteiger partial charge in [0.05, 0.1) is 11.4 Å². The molecule has 146 valence electrons. The highest BCUT2D eigenvalue weighted by Crippen LogP contribution is 2.22. The molecule has 1 N–H and O–H groups in total. The quantitative estimate of drug-likeness (QED) is 0.588. The van der Waals surface area contributed by atoms with Crippen LogP contribution in [0, 0.1) is 0 Å². The summed E-state index contributed by atoms with van der Waals surface area (Å²) in [7, 11) is -0.376. The Morgan fingerprint density at radius 3 is 2.73 bits per heavy atom. The first-order valence-corrected chi connectivity index (χ1v) is 11.5. The first-order valence-electron chi connectivity index (χ1n) is 9.05. The van der Waals surface area contributed by atoms with Crippen molar-refractivity contribution >= 4 is 27.7 Å². The largest absolute Gasteiger partial charge is 0.357 e. The Bertz CT molecular complexity index is 720. The van der Waals surface area contributed by atoms with Crippen LogP contribution in [0.1, 0.15) is 25.8 Å². The highest BCUT2D eigenvalue weighted by atomic mass is 32.2. The zero-order valence-corrected chi connectivity index (χ0v) is 17.7. The van der Waals surface area contributed by atoms with E-state index in [-0.39, 0.29) is 0 Å². The van der Waals surface area contributed by atoms with Crippen LogP contribution in [0.5, 0.6) is 0 Å². The summed E-state index contributed by atoms with van der Waals surface area (Å²) in [6.45, 7) is 7.34. The van der Waals surface area contributed by atoms with Crippen molar-refractivity contribution in [3.05, 3.63) is 29.8 Å². The van der Waals surface area contributed by atoms with Gasteiger partial charge in [-0.1, -0.05) is 25.1 Å². The van der Waals surface area contributed by atoms with Gasteiger partial charge in [0.15, 0.2) is 5.96 Å². The van der Waals surface area contributed by atoms with E-state index in [9.17, 15) is 8.42 Å². The standard InChI is InChI=1S/C18H30N4O2S2/c1-5-16-14-22(11-12-25-16)18(19-6-2)20-13-15-9-7-8-10-17(15)26(23,24)21(3)4/h7-10,16H,5-6,11-14H2,1-4H3,(H,19,20). The number of sulfonamides is 1. The van der Waals surface area contributed by atoms with E-state index in [0.29, 0.717) is 16.7 Å². The summed E-state index contributed by atoms with van der Waals surface area (Å²) < 4.78 is 26.4. The van der Waals surface area contributed by atoms with Crippen molar-refractivity contribution in [2.24, 2.45) is 4.99 Å². The molecule has 2 rings (SSSR count). The van der Waals surface area contributed by atoms with Crippen molar-refractivity contribution in [3.63, 3.8) is 0 Å². The van der Waals surface area contributed by atoms with E-state index in [2.05, 4.69) is 24.1 Å². The molecule has 1 aromatic rings. The molecule has 0 saturated carbocycles. The minimum atomic E-state index is -3.48. The van der Waals surface area contributed by atoms with Gasteiger partial charge in [-0.05, 0) is 25.0 Å². The minimum Gasteiger partial charge on any atom is -0.357 e. The van der Waals surface area contributed by atoms with E-state index in [1.165, 1.54) is 4.31 Å². The number of nitrogens with zero attached hydrogens (tertiary/aromatic N) is 3. The van der Waals surface area contributed by atoms with Gasteiger partial charge in [0, 0.05) is 44.7 Å². The maximum absolute atomic E-state index is 12.6. The molecule has 1 fully saturated rings. The molecular weight excluding hydrogens is 368 g/mol. The summed E-state index contributed by atoms with van der Waals surface area (Å²) in [5.74, 6) is 1.96. The van der Waals surface area contributed by atoms with E-state index in [4.69, 9.17) is 4.99 Å². The molecule has 1 aliphatic heterocycles. The van der Waals surface area contributed by atoms with Gasteiger partial charge in [-0.2, -0.15) is 11.8 Å². The number of benzene rings is 1. The van der Waals surface area contributed by atoms with Crippen molar-refractivity contribution in [2.45, 2.75) is 37.0 Å². The van der Waals surface area contributed by atoms with Gasteiger partial charge in [-0.15, -0.1) is 0 Å². The molecular formula is C18H30N4O2S2. The second-order valence-electron chi connectivity index (χ2n) is 6.41. The molecule has 1 saturated heterocycles. The van der Waals surface area contributed by atoms with Gasteiger partial charge < -0.3 is 10.2 Å². The Morgan fingerprint density at radius 2 is 2.08 bits per heavy atom. The van der Waals surface area contributed by atoms with Crippen molar-refractivity contribution in [3.8, 4) is 0 Å². The van der Waals surface area contributed by atoms with Crippen molar-refractivity contribution in [1.29, 1.82) is 0 Å². The molecule has 0 amide bonds. The highest BCUT2D eigenvalue weighted by molar-refractivity contribution is 8.00. The Kier molecular flexibility index (Phi) is 7.79. The highest BCUT2D eigenvalue weighted by Gasteiger charge is 2.23. The first kappa shape index (κ1) is 21.1. The molecule has 6 nitrogen and oxygen atoms in total. The van der Waals surface area contributed by atoms with Crippen LogP contribution in [0.2, 0.25) is 0 Å². The van der Waals surface area contributed by atoms with Crippen LogP contribution in [0.3, 0.4) is 0 Å². The molecule has 1 unspecified atom stereocenters. The van der Waals surface area contributed by atoms with Crippen molar-refractivity contribution < 1.29 is 8.42 Å². The second kappa shape index (κ2) is 9.62. The van der Waals surface area contributed by atoms with Gasteiger partial charge in [-0.25, -0.2) is 17.7 Å². The van der Waals surface area contributed by atoms with E-state index in [0.717, 1.165) is 43.3 Å². The van der Waals surface area contributed by atoms with E-state index >= 15 is 0 Å². The lowest BCUT2D eigenvalue weighted by Crippen LogP contribution is -2.48. The first-order chi connectivity index (χ1) is 12.4. The van der Waals surface area contributed by atoms with Crippen LogP contribution in [0.15, 0.2) is 34.2 Å². The predicted molar refractivity (Wildman–Crippen MR) is 110 cm³/mol. The van der Waals surface area contributed by atoms with Crippen LogP contribution in [-0.4, -0.2) is 68.3 Å². The second-order valence-corrected chi connectivity index (χ2v) is 9.94. The lowest BCUT2D eigenvalue weighted by molar-refractivity contribution is 0.408. The van der Waals surface area contributed by atoms with E-state index < -0.39 is 10.0 Å². The third-order valence-electron chi connectivity index (χ3n) is 4.36. The summed E-state index contributed by atoms with van der Waals surface area (Å²) in [6.07, 6.45) is 1.14. The van der Waals surface area contributed by atoms with Gasteiger partial charge in [0.1, 0.15) is 0 Å². The maximum Gasteiger partial charge on any atom is 0.242 e. The van der Waals surface area contributed by atoms with Gasteiger partial charge in [0.2, 0.25) is 10.0 Å². The van der Waals surface area contributed by atoms with Crippen LogP contribution in [-0.2, 0) is 16.6 Å². The van der Waals surface area contributed by atoms with Crippen LogP contribution >= 0.6 is 11.8 Å². The topological polar surface area (TPSA) is 65.0 Å². The number of aliphatic imine (C=N–C) groups is 1. The molecule has 0 radical (unpaired) electrons. The molecule has 26 heavy (non-hydrogen) atoms. The third kappa shape index (κ3) is 5.14. The lowest BCUT2D eigenvalue weighted by atomic mass is 10.2. The Morgan fingerprint density at radius 1 is 1.35 bits per heavy atom. The number of hydrogen-bond acceptors (Lipinski definition) is 4. The van der Waals surface area contributed by atoms with E-state index in [1.54, 1.807) is 26.2 Å². The number of rotatable bonds is 6. The third-order valence-corrected chi connectivity index (χ3v) is 7.65. The summed E-state index contributed by atoms with van der Waals surface area (Å²) >= 11 is 2.02. The molecule has 1 aliphatic rings. The fourth-order valence-corrected chi connectivity index (χ4v) is 5.12. The Balaban J connectivity index is 2.25. The van der Waals surface area contributed by atoms with Crippen LogP contribution < -0.4 is 5.32 Å². The van der Waals surface area contributed by atoms with Gasteiger partial charge in [0.25, 0.3) is 0 Å². The molecule has 1 aromatic carbocycles. The van der Waals surface area contributed by atoms with Crippen molar-refractivity contribution in [1.82, 2.24) is 14.5 Å². The summed E-state index contributed by atoms with van der Waals surface area (Å²) in [4.78, 5) is 7.36. The van der Waals surface area contributed by atoms with Crippen LogP contribution in [0.25, 0.3) is 0 Å². The molecule has 0 spiro atoms. The number of thioether (sulfide) groups is 1. The Hall–Kier alpha value is -1.25. The fraction of sp³-hybridized carbons (Fsp3) is 0.611. The molecule has 0 bridgehead atoms. The monoisotopic (exact) mass is 398 g/mol. The summed E-state index contributed by atoms with van der Waals surface area (Å²) in [5, 5.41) is 3.97. The Labute approximate surface area is 162 Å². The van der Waals surface area contributed by atoms with Crippen molar-refractivity contribution in [2.75, 3.05) is 39.5 Å². The molecule has 0 aliphatic carbocycles. The SMILES string of the molecule is CCNC(=NCc1ccccc1S(=O)(=O)N(C)C)N1CCSC(CC)C1. The minimum absolute atomic E-state index is 0.324. The lowest BCUT2D eigenvalue weighted by Gasteiger charge is -2.34. The maximum atomic E-state index is 12.6. The summed E-state index contributed by atoms with van der Waals surface area (Å²) in [6, 6.07) is 7.10. The normalized spacial score (nSPS) is 19.0. The van der Waals surface area contributed by atoms with E-state index in [1.807, 2.05) is 23.9 Å². The summed E-state index contributed by atoms with van der Waals surface area (Å²) in [5.41, 5.74) is 0.718. The van der Waals surface area contributed by atoms with Crippen LogP contribution in [0.4, 0.5) is 0 Å².